The molecule has 0 saturated heterocycles. The number of carbonyl (C=O) groups is 1. The maximum Gasteiger partial charge on any atom is 0.407 e. The summed E-state index contributed by atoms with van der Waals surface area (Å²) in [6.07, 6.45) is 3.10. The first kappa shape index (κ1) is 27.9. The van der Waals surface area contributed by atoms with Gasteiger partial charge in [-0.15, -0.1) is 0 Å². The highest BCUT2D eigenvalue weighted by molar-refractivity contribution is 5.68. The van der Waals surface area contributed by atoms with Crippen LogP contribution in [-0.4, -0.2) is 34.0 Å². The van der Waals surface area contributed by atoms with E-state index < -0.39 is 5.60 Å². The Kier molecular flexibility index (Phi) is 8.39. The van der Waals surface area contributed by atoms with Crippen LogP contribution in [0.3, 0.4) is 0 Å². The third kappa shape index (κ3) is 6.85. The van der Waals surface area contributed by atoms with E-state index in [2.05, 4.69) is 58.5 Å². The molecule has 204 valence electrons. The Morgan fingerprint density at radius 2 is 1.51 bits per heavy atom. The highest BCUT2D eigenvalue weighted by Gasteiger charge is 2.34. The molecule has 1 fully saturated rings. The number of nitrogens with zero attached hydrogens (tertiary/aromatic N) is 3. The summed E-state index contributed by atoms with van der Waals surface area (Å²) >= 11 is 0. The molecule has 0 bridgehead atoms. The lowest BCUT2D eigenvalue weighted by molar-refractivity contribution is 0.0363. The summed E-state index contributed by atoms with van der Waals surface area (Å²) in [5.74, 6) is 2.07. The largest absolute Gasteiger partial charge is 0.490 e. The van der Waals surface area contributed by atoms with E-state index in [1.54, 1.807) is 12.1 Å². The Labute approximate surface area is 230 Å². The Bertz CT molecular complexity index is 1280. The van der Waals surface area contributed by atoms with Crippen LogP contribution in [-0.2, 0) is 10.2 Å². The number of nitrogens with one attached hydrogen (secondary N) is 1. The van der Waals surface area contributed by atoms with Gasteiger partial charge in [0.2, 0.25) is 0 Å². The molecular formula is C31H36N4O4. The molecule has 8 nitrogen and oxygen atoms in total. The molecule has 1 aliphatic rings. The highest BCUT2D eigenvalue weighted by Crippen LogP contribution is 2.40. The van der Waals surface area contributed by atoms with Gasteiger partial charge in [0.15, 0.2) is 0 Å². The van der Waals surface area contributed by atoms with Crippen molar-refractivity contribution in [1.29, 1.82) is 0 Å². The Balaban J connectivity index is 1.37. The number of rotatable bonds is 9. The SMILES string of the molecule is [C-]#[N+]c1ccc(Oc2ccc(C(CC)(CC)c3ccc(OC4CC(NC(=O)OC(C)(C)C)C4)cc3)cc2)nn1. The van der Waals surface area contributed by atoms with Crippen molar-refractivity contribution in [3.05, 3.63) is 83.2 Å². The predicted molar refractivity (Wildman–Crippen MR) is 149 cm³/mol. The maximum absolute atomic E-state index is 12.0. The van der Waals surface area contributed by atoms with Crippen molar-refractivity contribution in [2.24, 2.45) is 0 Å². The smallest absolute Gasteiger partial charge is 0.407 e. The fraction of sp³-hybridized carbons (Fsp3) is 0.419. The molecule has 1 N–H and O–H groups in total. The van der Waals surface area contributed by atoms with Gasteiger partial charge in [-0.1, -0.05) is 44.7 Å². The van der Waals surface area contributed by atoms with Gasteiger partial charge < -0.3 is 24.4 Å². The molecule has 1 aromatic heterocycles. The molecule has 4 rings (SSSR count). The third-order valence-electron chi connectivity index (χ3n) is 7.10. The van der Waals surface area contributed by atoms with Crippen LogP contribution >= 0.6 is 0 Å². The lowest BCUT2D eigenvalue weighted by Crippen LogP contribution is -2.50. The number of alkyl carbamates (subject to hydrolysis) is 1. The van der Waals surface area contributed by atoms with Crippen molar-refractivity contribution in [2.75, 3.05) is 0 Å². The molecule has 0 unspecified atom stereocenters. The number of hydrogen-bond acceptors (Lipinski definition) is 6. The number of hydrogen-bond donors (Lipinski definition) is 1. The minimum atomic E-state index is -0.504. The molecule has 1 saturated carbocycles. The Hall–Kier alpha value is -4.12. The van der Waals surface area contributed by atoms with Gasteiger partial charge in [-0.2, -0.15) is 0 Å². The molecule has 0 atom stereocenters. The van der Waals surface area contributed by atoms with Gasteiger partial charge in [0.25, 0.3) is 11.7 Å². The van der Waals surface area contributed by atoms with E-state index in [-0.39, 0.29) is 29.5 Å². The first-order chi connectivity index (χ1) is 18.6. The molecule has 0 spiro atoms. The van der Waals surface area contributed by atoms with E-state index in [0.29, 0.717) is 11.6 Å². The molecule has 0 aliphatic heterocycles. The van der Waals surface area contributed by atoms with Crippen molar-refractivity contribution in [3.63, 3.8) is 0 Å². The zero-order valence-corrected chi connectivity index (χ0v) is 23.2. The van der Waals surface area contributed by atoms with Crippen LogP contribution in [0.2, 0.25) is 0 Å². The molecule has 0 radical (unpaired) electrons. The molecule has 1 heterocycles. The van der Waals surface area contributed by atoms with Crippen LogP contribution in [0.25, 0.3) is 4.85 Å². The van der Waals surface area contributed by atoms with E-state index >= 15 is 0 Å². The Morgan fingerprint density at radius 3 is 2.00 bits per heavy atom. The number of carbonyl (C=O) groups excluding carboxylic acids is 1. The fourth-order valence-electron chi connectivity index (χ4n) is 4.92. The summed E-state index contributed by atoms with van der Waals surface area (Å²) in [5.41, 5.74) is 1.79. The van der Waals surface area contributed by atoms with Gasteiger partial charge in [0, 0.05) is 29.4 Å². The lowest BCUT2D eigenvalue weighted by atomic mass is 9.70. The van der Waals surface area contributed by atoms with E-state index in [0.717, 1.165) is 31.4 Å². The minimum absolute atomic E-state index is 0.0766. The molecule has 8 heteroatoms. The van der Waals surface area contributed by atoms with Crippen LogP contribution in [0.4, 0.5) is 10.6 Å². The summed E-state index contributed by atoms with van der Waals surface area (Å²) in [6, 6.07) is 19.7. The van der Waals surface area contributed by atoms with Crippen molar-refractivity contribution >= 4 is 11.9 Å². The van der Waals surface area contributed by atoms with Gasteiger partial charge in [-0.3, -0.25) is 0 Å². The van der Waals surface area contributed by atoms with E-state index in [9.17, 15) is 4.79 Å². The van der Waals surface area contributed by atoms with E-state index in [1.807, 2.05) is 45.0 Å². The average molecular weight is 529 g/mol. The summed E-state index contributed by atoms with van der Waals surface area (Å²) < 4.78 is 17.3. The zero-order chi connectivity index (χ0) is 28.0. The van der Waals surface area contributed by atoms with Gasteiger partial charge in [0.05, 0.1) is 0 Å². The molecular weight excluding hydrogens is 492 g/mol. The summed E-state index contributed by atoms with van der Waals surface area (Å²) in [6.45, 7) is 17.0. The van der Waals surface area contributed by atoms with E-state index in [1.165, 1.54) is 11.1 Å². The Morgan fingerprint density at radius 1 is 0.923 bits per heavy atom. The standard InChI is InChI=1S/C31H36N4O4/c1-7-31(8-2,22-11-15-25(16-12-22)38-28-18-17-27(32-6)34-35-28)21-9-13-24(14-10-21)37-26-19-23(20-26)33-29(36)39-30(3,4)5/h9-18,23,26H,7-8,19-20H2,1-5H3,(H,33,36). The number of ether oxygens (including phenoxy) is 3. The van der Waals surface area contributed by atoms with Crippen LogP contribution in [0.1, 0.15) is 71.4 Å². The predicted octanol–water partition coefficient (Wildman–Crippen LogP) is 7.36. The maximum atomic E-state index is 12.0. The first-order valence-corrected chi connectivity index (χ1v) is 13.4. The highest BCUT2D eigenvalue weighted by atomic mass is 16.6. The van der Waals surface area contributed by atoms with Crippen molar-refractivity contribution < 1.29 is 19.0 Å². The van der Waals surface area contributed by atoms with E-state index in [4.69, 9.17) is 20.8 Å². The summed E-state index contributed by atoms with van der Waals surface area (Å²) in [7, 11) is 0. The van der Waals surface area contributed by atoms with Gasteiger partial charge in [-0.05, 0) is 86.2 Å². The molecule has 2 aromatic carbocycles. The van der Waals surface area contributed by atoms with Gasteiger partial charge in [-0.25, -0.2) is 4.79 Å². The minimum Gasteiger partial charge on any atom is -0.490 e. The van der Waals surface area contributed by atoms with Crippen molar-refractivity contribution in [3.8, 4) is 17.4 Å². The first-order valence-electron chi connectivity index (χ1n) is 13.4. The summed E-state index contributed by atoms with van der Waals surface area (Å²) in [4.78, 5) is 15.2. The van der Waals surface area contributed by atoms with Crippen molar-refractivity contribution in [1.82, 2.24) is 15.5 Å². The van der Waals surface area contributed by atoms with Crippen LogP contribution in [0.5, 0.6) is 17.4 Å². The second-order valence-electron chi connectivity index (χ2n) is 10.8. The monoisotopic (exact) mass is 528 g/mol. The third-order valence-corrected chi connectivity index (χ3v) is 7.10. The lowest BCUT2D eigenvalue weighted by Gasteiger charge is -2.36. The fourth-order valence-corrected chi connectivity index (χ4v) is 4.92. The molecule has 39 heavy (non-hydrogen) atoms. The van der Waals surface area contributed by atoms with Gasteiger partial charge >= 0.3 is 6.09 Å². The number of aromatic nitrogens is 2. The number of benzene rings is 2. The normalized spacial score (nSPS) is 16.9. The van der Waals surface area contributed by atoms with Crippen LogP contribution in [0, 0.1) is 6.57 Å². The van der Waals surface area contributed by atoms with Crippen LogP contribution < -0.4 is 14.8 Å². The topological polar surface area (TPSA) is 86.9 Å². The molecule has 1 amide bonds. The summed E-state index contributed by atoms with van der Waals surface area (Å²) in [5, 5.41) is 10.7. The molecule has 3 aromatic rings. The van der Waals surface area contributed by atoms with Crippen molar-refractivity contribution in [2.45, 2.75) is 83.5 Å². The molecule has 1 aliphatic carbocycles. The second-order valence-corrected chi connectivity index (χ2v) is 10.8. The van der Waals surface area contributed by atoms with Crippen LogP contribution in [0.15, 0.2) is 60.7 Å². The average Bonchev–Trinajstić information content (AvgIpc) is 2.89. The quantitative estimate of drug-likeness (QED) is 0.292. The van der Waals surface area contributed by atoms with Gasteiger partial charge in [0.1, 0.15) is 23.2 Å². The number of amides is 1. The zero-order valence-electron chi connectivity index (χ0n) is 23.2. The second kappa shape index (κ2) is 11.7.